The number of hydrogen-bond donors (Lipinski definition) is 1. The SMILES string of the molecule is CCC1NC(C(C)C)N(CC2(SC)CC2)C1=O. The predicted octanol–water partition coefficient (Wildman–Crippen LogP) is 2.07. The first kappa shape index (κ1) is 13.2. The van der Waals surface area contributed by atoms with Crippen LogP contribution in [0.4, 0.5) is 0 Å². The highest BCUT2D eigenvalue weighted by Crippen LogP contribution is 2.48. The van der Waals surface area contributed by atoms with Crippen LogP contribution in [0.1, 0.15) is 40.0 Å². The molecule has 0 aromatic carbocycles. The van der Waals surface area contributed by atoms with E-state index in [0.29, 0.717) is 16.6 Å². The van der Waals surface area contributed by atoms with Crippen molar-refractivity contribution in [2.75, 3.05) is 12.8 Å². The normalized spacial score (nSPS) is 31.4. The Bertz CT molecular complexity index is 302. The second-order valence-electron chi connectivity index (χ2n) is 5.67. The van der Waals surface area contributed by atoms with E-state index in [1.54, 1.807) is 0 Å². The number of hydrogen-bond acceptors (Lipinski definition) is 3. The Morgan fingerprint density at radius 3 is 2.59 bits per heavy atom. The molecule has 0 bridgehead atoms. The van der Waals surface area contributed by atoms with Gasteiger partial charge in [0.2, 0.25) is 5.91 Å². The Balaban J connectivity index is 2.08. The van der Waals surface area contributed by atoms with E-state index in [2.05, 4.69) is 37.2 Å². The summed E-state index contributed by atoms with van der Waals surface area (Å²) in [6, 6.07) is 0.0417. The van der Waals surface area contributed by atoms with Crippen molar-refractivity contribution < 1.29 is 4.79 Å². The molecular weight excluding hydrogens is 232 g/mol. The fourth-order valence-corrected chi connectivity index (χ4v) is 3.38. The summed E-state index contributed by atoms with van der Waals surface area (Å²) < 4.78 is 0.368. The highest BCUT2D eigenvalue weighted by atomic mass is 32.2. The van der Waals surface area contributed by atoms with Gasteiger partial charge in [-0.05, 0) is 31.4 Å². The van der Waals surface area contributed by atoms with Crippen LogP contribution in [0.25, 0.3) is 0 Å². The number of amides is 1. The Hall–Kier alpha value is -0.220. The fraction of sp³-hybridized carbons (Fsp3) is 0.923. The van der Waals surface area contributed by atoms with E-state index >= 15 is 0 Å². The summed E-state index contributed by atoms with van der Waals surface area (Å²) in [5.74, 6) is 0.791. The van der Waals surface area contributed by atoms with Crippen LogP contribution in [0.15, 0.2) is 0 Å². The monoisotopic (exact) mass is 256 g/mol. The van der Waals surface area contributed by atoms with Gasteiger partial charge in [0.1, 0.15) is 0 Å². The minimum absolute atomic E-state index is 0.0417. The van der Waals surface area contributed by atoms with Crippen LogP contribution in [0.5, 0.6) is 0 Å². The van der Waals surface area contributed by atoms with Crippen molar-refractivity contribution in [2.45, 2.75) is 57.0 Å². The first-order chi connectivity index (χ1) is 8.03. The molecule has 3 nitrogen and oxygen atoms in total. The van der Waals surface area contributed by atoms with Gasteiger partial charge in [-0.25, -0.2) is 0 Å². The van der Waals surface area contributed by atoms with Crippen LogP contribution in [0.2, 0.25) is 0 Å². The molecule has 0 aromatic heterocycles. The molecule has 1 saturated heterocycles. The van der Waals surface area contributed by atoms with Gasteiger partial charge in [0, 0.05) is 11.3 Å². The van der Waals surface area contributed by atoms with E-state index in [1.165, 1.54) is 12.8 Å². The van der Waals surface area contributed by atoms with Crippen molar-refractivity contribution in [1.29, 1.82) is 0 Å². The van der Waals surface area contributed by atoms with Gasteiger partial charge in [-0.3, -0.25) is 10.1 Å². The minimum Gasteiger partial charge on any atom is -0.324 e. The molecular formula is C13H24N2OS. The minimum atomic E-state index is 0.0417. The van der Waals surface area contributed by atoms with Gasteiger partial charge in [-0.2, -0.15) is 11.8 Å². The van der Waals surface area contributed by atoms with Gasteiger partial charge in [0.15, 0.2) is 0 Å². The highest BCUT2D eigenvalue weighted by Gasteiger charge is 2.48. The maximum Gasteiger partial charge on any atom is 0.241 e. The molecule has 4 heteroatoms. The summed E-state index contributed by atoms with van der Waals surface area (Å²) in [6.45, 7) is 7.39. The number of rotatable bonds is 5. The molecule has 1 saturated carbocycles. The Morgan fingerprint density at radius 2 is 2.18 bits per heavy atom. The van der Waals surface area contributed by atoms with Crippen LogP contribution in [0.3, 0.4) is 0 Å². The lowest BCUT2D eigenvalue weighted by Gasteiger charge is -2.30. The standard InChI is InChI=1S/C13H24N2OS/c1-5-10-12(16)15(11(14-10)9(2)3)8-13(17-4)6-7-13/h9-11,14H,5-8H2,1-4H3. The second kappa shape index (κ2) is 4.81. The van der Waals surface area contributed by atoms with Crippen LogP contribution < -0.4 is 5.32 Å². The van der Waals surface area contributed by atoms with E-state index < -0.39 is 0 Å². The molecule has 2 aliphatic rings. The number of carbonyl (C=O) groups excluding carboxylic acids is 1. The Kier molecular flexibility index (Phi) is 3.74. The van der Waals surface area contributed by atoms with Crippen LogP contribution in [-0.4, -0.2) is 40.6 Å². The molecule has 2 unspecified atom stereocenters. The quantitative estimate of drug-likeness (QED) is 0.817. The average Bonchev–Trinajstić information content (AvgIpc) is 3.01. The van der Waals surface area contributed by atoms with Gasteiger partial charge in [-0.1, -0.05) is 20.8 Å². The largest absolute Gasteiger partial charge is 0.324 e. The fourth-order valence-electron chi connectivity index (χ4n) is 2.60. The molecule has 1 aliphatic heterocycles. The smallest absolute Gasteiger partial charge is 0.241 e. The molecule has 0 spiro atoms. The molecule has 98 valence electrons. The van der Waals surface area contributed by atoms with Crippen LogP contribution >= 0.6 is 11.8 Å². The third kappa shape index (κ3) is 2.48. The van der Waals surface area contributed by atoms with E-state index in [9.17, 15) is 4.79 Å². The molecule has 1 amide bonds. The molecule has 2 atom stereocenters. The summed E-state index contributed by atoms with van der Waals surface area (Å²) in [5.41, 5.74) is 0. The summed E-state index contributed by atoms with van der Waals surface area (Å²) in [6.07, 6.45) is 5.82. The lowest BCUT2D eigenvalue weighted by atomic mass is 10.1. The number of carbonyl (C=O) groups is 1. The maximum absolute atomic E-state index is 12.3. The predicted molar refractivity (Wildman–Crippen MR) is 73.0 cm³/mol. The van der Waals surface area contributed by atoms with Gasteiger partial charge in [-0.15, -0.1) is 0 Å². The summed E-state index contributed by atoms with van der Waals surface area (Å²) in [7, 11) is 0. The third-order valence-corrected chi connectivity index (χ3v) is 5.43. The van der Waals surface area contributed by atoms with E-state index in [1.807, 2.05) is 11.8 Å². The van der Waals surface area contributed by atoms with E-state index in [4.69, 9.17) is 0 Å². The van der Waals surface area contributed by atoms with Gasteiger partial charge in [0.25, 0.3) is 0 Å². The first-order valence-electron chi connectivity index (χ1n) is 6.64. The van der Waals surface area contributed by atoms with Crippen molar-refractivity contribution in [3.05, 3.63) is 0 Å². The third-order valence-electron chi connectivity index (χ3n) is 4.03. The maximum atomic E-state index is 12.3. The lowest BCUT2D eigenvalue weighted by Crippen LogP contribution is -2.45. The van der Waals surface area contributed by atoms with E-state index in [-0.39, 0.29) is 12.2 Å². The zero-order valence-electron chi connectivity index (χ0n) is 11.3. The van der Waals surface area contributed by atoms with Crippen molar-refractivity contribution in [2.24, 2.45) is 5.92 Å². The van der Waals surface area contributed by atoms with Crippen molar-refractivity contribution in [3.8, 4) is 0 Å². The zero-order valence-corrected chi connectivity index (χ0v) is 12.1. The Labute approximate surface area is 109 Å². The topological polar surface area (TPSA) is 32.3 Å². The van der Waals surface area contributed by atoms with Crippen molar-refractivity contribution in [3.63, 3.8) is 0 Å². The van der Waals surface area contributed by atoms with Gasteiger partial charge in [0.05, 0.1) is 12.2 Å². The molecule has 17 heavy (non-hydrogen) atoms. The molecule has 2 rings (SSSR count). The molecule has 1 N–H and O–H groups in total. The van der Waals surface area contributed by atoms with Crippen LogP contribution in [0, 0.1) is 5.92 Å². The molecule has 1 heterocycles. The molecule has 2 fully saturated rings. The summed E-state index contributed by atoms with van der Waals surface area (Å²) in [5, 5.41) is 3.48. The number of nitrogens with one attached hydrogen (secondary N) is 1. The van der Waals surface area contributed by atoms with Gasteiger partial charge >= 0.3 is 0 Å². The van der Waals surface area contributed by atoms with Crippen LogP contribution in [-0.2, 0) is 4.79 Å². The summed E-state index contributed by atoms with van der Waals surface area (Å²) >= 11 is 1.93. The zero-order chi connectivity index (χ0) is 12.6. The second-order valence-corrected chi connectivity index (χ2v) is 6.94. The Morgan fingerprint density at radius 1 is 1.53 bits per heavy atom. The first-order valence-corrected chi connectivity index (χ1v) is 7.87. The molecule has 0 aromatic rings. The van der Waals surface area contributed by atoms with Crippen molar-refractivity contribution >= 4 is 17.7 Å². The molecule has 1 aliphatic carbocycles. The van der Waals surface area contributed by atoms with E-state index in [0.717, 1.165) is 13.0 Å². The summed E-state index contributed by atoms with van der Waals surface area (Å²) in [4.78, 5) is 14.4. The van der Waals surface area contributed by atoms with Crippen molar-refractivity contribution in [1.82, 2.24) is 10.2 Å². The molecule has 0 radical (unpaired) electrons. The number of thioether (sulfide) groups is 1. The van der Waals surface area contributed by atoms with Gasteiger partial charge < -0.3 is 4.90 Å². The number of nitrogens with zero attached hydrogens (tertiary/aromatic N) is 1. The lowest BCUT2D eigenvalue weighted by molar-refractivity contribution is -0.130. The average molecular weight is 256 g/mol. The highest BCUT2D eigenvalue weighted by molar-refractivity contribution is 8.00.